The van der Waals surface area contributed by atoms with Crippen LogP contribution in [0.15, 0.2) is 17.5 Å². The van der Waals surface area contributed by atoms with Crippen LogP contribution in [0.3, 0.4) is 0 Å². The molecule has 3 atom stereocenters. The van der Waals surface area contributed by atoms with Gasteiger partial charge in [-0.15, -0.1) is 0 Å². The first-order valence-electron chi connectivity index (χ1n) is 10.6. The van der Waals surface area contributed by atoms with Gasteiger partial charge in [0.1, 0.15) is 12.1 Å². The molecule has 2 heterocycles. The third-order valence-electron chi connectivity index (χ3n) is 5.19. The number of aromatic nitrogens is 2. The van der Waals surface area contributed by atoms with Crippen molar-refractivity contribution in [1.29, 1.82) is 0 Å². The van der Waals surface area contributed by atoms with Gasteiger partial charge in [0.2, 0.25) is 17.7 Å². The van der Waals surface area contributed by atoms with Gasteiger partial charge >= 0.3 is 5.97 Å². The molecule has 1 aliphatic heterocycles. The number of aromatic amines is 1. The highest BCUT2D eigenvalue weighted by Crippen LogP contribution is 2.17. The predicted octanol–water partition coefficient (Wildman–Crippen LogP) is -2.99. The van der Waals surface area contributed by atoms with E-state index in [1.165, 1.54) is 17.4 Å². The lowest BCUT2D eigenvalue weighted by Gasteiger charge is -2.23. The van der Waals surface area contributed by atoms with Gasteiger partial charge in [-0.05, 0) is 25.7 Å². The van der Waals surface area contributed by atoms with Crippen LogP contribution in [-0.4, -0.2) is 87.4 Å². The molecule has 182 valence electrons. The fourth-order valence-electron chi connectivity index (χ4n) is 3.46. The summed E-state index contributed by atoms with van der Waals surface area (Å²) in [6.45, 7) is 0.245. The minimum Gasteiger partial charge on any atom is -0.480 e. The zero-order valence-corrected chi connectivity index (χ0v) is 18.2. The number of nitrogens with zero attached hydrogens (tertiary/aromatic N) is 3. The van der Waals surface area contributed by atoms with Crippen molar-refractivity contribution >= 4 is 29.7 Å². The molecule has 14 heteroatoms. The molecular weight excluding hydrogens is 434 g/mol. The van der Waals surface area contributed by atoms with Gasteiger partial charge in [0.15, 0.2) is 5.96 Å². The van der Waals surface area contributed by atoms with Crippen molar-refractivity contribution in [3.05, 3.63) is 18.2 Å². The van der Waals surface area contributed by atoms with Gasteiger partial charge in [-0.3, -0.25) is 19.4 Å². The van der Waals surface area contributed by atoms with E-state index < -0.39 is 41.8 Å². The maximum Gasteiger partial charge on any atom is 0.326 e. The Bertz CT molecular complexity index is 854. The number of carbonyl (C=O) groups excluding carboxylic acids is 3. The molecule has 0 bridgehead atoms. The number of nitrogens with two attached hydrogens (primary N) is 3. The van der Waals surface area contributed by atoms with Crippen molar-refractivity contribution < 1.29 is 24.3 Å². The van der Waals surface area contributed by atoms with Crippen molar-refractivity contribution in [3.8, 4) is 0 Å². The molecule has 33 heavy (non-hydrogen) atoms. The number of aliphatic carboxylic acids is 1. The Labute approximate surface area is 190 Å². The molecule has 0 aromatic carbocycles. The van der Waals surface area contributed by atoms with Crippen LogP contribution in [0.25, 0.3) is 0 Å². The lowest BCUT2D eigenvalue weighted by atomic mass is 10.1. The van der Waals surface area contributed by atoms with Crippen LogP contribution in [0.4, 0.5) is 0 Å². The first-order valence-corrected chi connectivity index (χ1v) is 10.6. The summed E-state index contributed by atoms with van der Waals surface area (Å²) < 4.78 is 0. The van der Waals surface area contributed by atoms with Crippen LogP contribution >= 0.6 is 0 Å². The molecule has 0 aliphatic carbocycles. The number of hydrogen-bond acceptors (Lipinski definition) is 7. The van der Waals surface area contributed by atoms with E-state index in [1.54, 1.807) is 0 Å². The number of carboxylic acids is 1. The molecular formula is C19H31N9O5. The van der Waals surface area contributed by atoms with Crippen molar-refractivity contribution in [2.24, 2.45) is 22.2 Å². The van der Waals surface area contributed by atoms with Crippen molar-refractivity contribution in [2.45, 2.75) is 50.2 Å². The standard InChI is InChI=1S/C19H31N9O5/c20-12(3-1-5-24-19(21)22)16(30)27-13(7-11-8-23-10-26-11)17(31)25-9-15(29)28-6-2-4-14(28)18(32)33/h8,10,12-14H,1-7,9,20H2,(H,23,26)(H,25,31)(H,27,30)(H,32,33)(H4,21,22,24). The Morgan fingerprint density at radius 2 is 2.06 bits per heavy atom. The number of hydrogen-bond donors (Lipinski definition) is 7. The van der Waals surface area contributed by atoms with E-state index in [0.29, 0.717) is 44.5 Å². The Kier molecular flexibility index (Phi) is 9.60. The summed E-state index contributed by atoms with van der Waals surface area (Å²) in [4.78, 5) is 60.8. The molecule has 14 nitrogen and oxygen atoms in total. The second-order valence-electron chi connectivity index (χ2n) is 7.70. The minimum atomic E-state index is -1.08. The zero-order chi connectivity index (χ0) is 24.4. The molecule has 1 aromatic rings. The summed E-state index contributed by atoms with van der Waals surface area (Å²) in [6.07, 6.45) is 4.75. The second-order valence-corrected chi connectivity index (χ2v) is 7.70. The zero-order valence-electron chi connectivity index (χ0n) is 18.2. The van der Waals surface area contributed by atoms with Crippen LogP contribution in [0.5, 0.6) is 0 Å². The molecule has 1 aliphatic rings. The van der Waals surface area contributed by atoms with Crippen LogP contribution in [0.2, 0.25) is 0 Å². The number of imidazole rings is 1. The average Bonchev–Trinajstić information content (AvgIpc) is 3.46. The number of likely N-dealkylation sites (tertiary alicyclic amines) is 1. The number of carboxylic acid groups (broad SMARTS) is 1. The molecule has 1 aromatic heterocycles. The lowest BCUT2D eigenvalue weighted by molar-refractivity contribution is -0.148. The maximum atomic E-state index is 12.8. The van der Waals surface area contributed by atoms with Crippen LogP contribution in [0, 0.1) is 0 Å². The lowest BCUT2D eigenvalue weighted by Crippen LogP contribution is -2.54. The molecule has 1 fully saturated rings. The molecule has 10 N–H and O–H groups in total. The highest BCUT2D eigenvalue weighted by Gasteiger charge is 2.34. The van der Waals surface area contributed by atoms with Crippen molar-refractivity contribution in [3.63, 3.8) is 0 Å². The van der Waals surface area contributed by atoms with Gasteiger partial charge in [-0.2, -0.15) is 0 Å². The van der Waals surface area contributed by atoms with Crippen molar-refractivity contribution in [1.82, 2.24) is 25.5 Å². The number of guanidine groups is 1. The Balaban J connectivity index is 1.94. The van der Waals surface area contributed by atoms with E-state index >= 15 is 0 Å². The third kappa shape index (κ3) is 8.07. The Morgan fingerprint density at radius 3 is 2.70 bits per heavy atom. The quantitative estimate of drug-likeness (QED) is 0.0945. The minimum absolute atomic E-state index is 0.0533. The first-order chi connectivity index (χ1) is 15.7. The smallest absolute Gasteiger partial charge is 0.326 e. The van der Waals surface area contributed by atoms with Crippen LogP contribution in [0.1, 0.15) is 31.4 Å². The Hall–Kier alpha value is -3.68. The van der Waals surface area contributed by atoms with E-state index in [2.05, 4.69) is 25.6 Å². The predicted molar refractivity (Wildman–Crippen MR) is 117 cm³/mol. The van der Waals surface area contributed by atoms with Gasteiger partial charge in [-0.25, -0.2) is 9.78 Å². The molecule has 3 unspecified atom stereocenters. The molecule has 0 saturated carbocycles. The van der Waals surface area contributed by atoms with Gasteiger partial charge in [0.05, 0.1) is 18.9 Å². The fourth-order valence-corrected chi connectivity index (χ4v) is 3.46. The van der Waals surface area contributed by atoms with Crippen LogP contribution in [-0.2, 0) is 25.6 Å². The average molecular weight is 466 g/mol. The fraction of sp³-hybridized carbons (Fsp3) is 0.579. The van der Waals surface area contributed by atoms with Gasteiger partial charge < -0.3 is 42.8 Å². The van der Waals surface area contributed by atoms with E-state index in [1.807, 2.05) is 0 Å². The maximum absolute atomic E-state index is 12.8. The topological polar surface area (TPSA) is 235 Å². The summed E-state index contributed by atoms with van der Waals surface area (Å²) in [5.41, 5.74) is 17.0. The summed E-state index contributed by atoms with van der Waals surface area (Å²) >= 11 is 0. The number of nitrogens with one attached hydrogen (secondary N) is 3. The first kappa shape index (κ1) is 25.6. The van der Waals surface area contributed by atoms with Gasteiger partial charge in [0, 0.05) is 31.4 Å². The summed E-state index contributed by atoms with van der Waals surface area (Å²) in [5.74, 6) is -2.79. The summed E-state index contributed by atoms with van der Waals surface area (Å²) in [7, 11) is 0. The van der Waals surface area contributed by atoms with Gasteiger partial charge in [-0.1, -0.05) is 0 Å². The molecule has 3 amide bonds. The third-order valence-corrected chi connectivity index (χ3v) is 5.19. The second kappa shape index (κ2) is 12.4. The van der Waals surface area contributed by atoms with Crippen molar-refractivity contribution in [2.75, 3.05) is 19.6 Å². The highest BCUT2D eigenvalue weighted by atomic mass is 16.4. The van der Waals surface area contributed by atoms with E-state index in [-0.39, 0.29) is 18.9 Å². The largest absolute Gasteiger partial charge is 0.480 e. The normalized spacial score (nSPS) is 17.1. The van der Waals surface area contributed by atoms with E-state index in [0.717, 1.165) is 0 Å². The number of aliphatic imine (C=N–C) groups is 1. The SMILES string of the molecule is NC(N)=NCCCC(N)C(=O)NC(Cc1cnc[nH]1)C(=O)NCC(=O)N1CCCC1C(=O)O. The van der Waals surface area contributed by atoms with Crippen LogP contribution < -0.4 is 27.8 Å². The number of H-pyrrole nitrogens is 1. The van der Waals surface area contributed by atoms with Gasteiger partial charge in [0.25, 0.3) is 0 Å². The molecule has 1 saturated heterocycles. The Morgan fingerprint density at radius 1 is 1.30 bits per heavy atom. The summed E-state index contributed by atoms with van der Waals surface area (Å²) in [5, 5.41) is 14.3. The van der Waals surface area contributed by atoms with E-state index in [9.17, 15) is 24.3 Å². The summed E-state index contributed by atoms with van der Waals surface area (Å²) in [6, 6.07) is -2.81. The molecule has 2 rings (SSSR count). The molecule has 0 radical (unpaired) electrons. The number of amides is 3. The highest BCUT2D eigenvalue weighted by molar-refractivity contribution is 5.92. The van der Waals surface area contributed by atoms with E-state index in [4.69, 9.17) is 17.2 Å². The number of carbonyl (C=O) groups is 4. The number of rotatable bonds is 12. The molecule has 0 spiro atoms. The monoisotopic (exact) mass is 465 g/mol.